The Kier molecular flexibility index (Phi) is 4.84. The fourth-order valence-corrected chi connectivity index (χ4v) is 2.79. The van der Waals surface area contributed by atoms with Gasteiger partial charge in [-0.1, -0.05) is 13.8 Å². The summed E-state index contributed by atoms with van der Waals surface area (Å²) in [5.74, 6) is 0.857. The molecule has 0 radical (unpaired) electrons. The van der Waals surface area contributed by atoms with Crippen molar-refractivity contribution in [2.75, 3.05) is 23.3 Å². The molecule has 0 heterocycles. The number of anilines is 2. The van der Waals surface area contributed by atoms with E-state index < -0.39 is 10.0 Å². The van der Waals surface area contributed by atoms with Gasteiger partial charge in [0.25, 0.3) is 0 Å². The number of benzene rings is 1. The van der Waals surface area contributed by atoms with Crippen molar-refractivity contribution in [2.45, 2.75) is 20.3 Å². The molecule has 0 aliphatic carbocycles. The number of nitrogens with two attached hydrogens (primary N) is 1. The van der Waals surface area contributed by atoms with E-state index in [1.165, 1.54) is 7.11 Å². The highest BCUT2D eigenvalue weighted by atomic mass is 32.2. The zero-order chi connectivity index (χ0) is 13.8. The molecule has 5 nitrogen and oxygen atoms in total. The van der Waals surface area contributed by atoms with Crippen LogP contribution in [-0.4, -0.2) is 21.3 Å². The van der Waals surface area contributed by atoms with Crippen LogP contribution >= 0.6 is 0 Å². The highest BCUT2D eigenvalue weighted by molar-refractivity contribution is 7.92. The summed E-state index contributed by atoms with van der Waals surface area (Å²) in [6.45, 7) is 3.97. The van der Waals surface area contributed by atoms with E-state index in [-0.39, 0.29) is 5.75 Å². The minimum atomic E-state index is -3.35. The Morgan fingerprint density at radius 3 is 2.61 bits per heavy atom. The molecule has 18 heavy (non-hydrogen) atoms. The Bertz CT molecular complexity index is 498. The van der Waals surface area contributed by atoms with E-state index in [1.807, 2.05) is 13.8 Å². The molecule has 0 amide bonds. The van der Waals surface area contributed by atoms with Crippen molar-refractivity contribution in [3.63, 3.8) is 0 Å². The summed E-state index contributed by atoms with van der Waals surface area (Å²) in [4.78, 5) is 0. The number of ether oxygens (including phenoxy) is 1. The number of nitrogens with one attached hydrogen (secondary N) is 1. The molecule has 1 aromatic rings. The first kappa shape index (κ1) is 14.6. The monoisotopic (exact) mass is 272 g/mol. The fourth-order valence-electron chi connectivity index (χ4n) is 1.40. The van der Waals surface area contributed by atoms with Crippen LogP contribution in [0.15, 0.2) is 18.2 Å². The van der Waals surface area contributed by atoms with Crippen molar-refractivity contribution in [1.82, 2.24) is 0 Å². The molecule has 0 aliphatic rings. The molecule has 0 bridgehead atoms. The second-order valence-corrected chi connectivity index (χ2v) is 6.41. The summed E-state index contributed by atoms with van der Waals surface area (Å²) in [6, 6.07) is 4.81. The maximum Gasteiger partial charge on any atom is 0.232 e. The first-order chi connectivity index (χ1) is 8.34. The van der Waals surface area contributed by atoms with Gasteiger partial charge in [0.2, 0.25) is 10.0 Å². The lowest BCUT2D eigenvalue weighted by Crippen LogP contribution is -2.18. The Morgan fingerprint density at radius 2 is 2.06 bits per heavy atom. The molecule has 3 N–H and O–H groups in total. The van der Waals surface area contributed by atoms with E-state index in [9.17, 15) is 8.42 Å². The predicted octanol–water partition coefficient (Wildman–Crippen LogP) is 2.07. The van der Waals surface area contributed by atoms with Gasteiger partial charge in [-0.15, -0.1) is 0 Å². The van der Waals surface area contributed by atoms with Crippen LogP contribution < -0.4 is 15.2 Å². The number of nitrogen functional groups attached to an aromatic ring is 1. The lowest BCUT2D eigenvalue weighted by molar-refractivity contribution is 0.417. The smallest absolute Gasteiger partial charge is 0.232 e. The van der Waals surface area contributed by atoms with Crippen LogP contribution in [0.2, 0.25) is 0 Å². The van der Waals surface area contributed by atoms with Gasteiger partial charge in [0, 0.05) is 11.8 Å². The zero-order valence-corrected chi connectivity index (χ0v) is 11.8. The standard InChI is InChI=1S/C12H20N2O3S/c1-9(2)6-7-18(15,16)14-11-5-4-10(13)8-12(11)17-3/h4-5,8-9,14H,6-7,13H2,1-3H3. The SMILES string of the molecule is COc1cc(N)ccc1NS(=O)(=O)CCC(C)C. The minimum absolute atomic E-state index is 0.0954. The predicted molar refractivity (Wildman–Crippen MR) is 74.3 cm³/mol. The van der Waals surface area contributed by atoms with E-state index >= 15 is 0 Å². The van der Waals surface area contributed by atoms with Gasteiger partial charge in [0.15, 0.2) is 0 Å². The quantitative estimate of drug-likeness (QED) is 0.777. The van der Waals surface area contributed by atoms with Crippen LogP contribution in [0.4, 0.5) is 11.4 Å². The minimum Gasteiger partial charge on any atom is -0.494 e. The molecule has 102 valence electrons. The molecule has 0 aromatic heterocycles. The lowest BCUT2D eigenvalue weighted by atomic mass is 10.2. The van der Waals surface area contributed by atoms with Gasteiger partial charge in [0.05, 0.1) is 18.6 Å². The number of hydrogen-bond acceptors (Lipinski definition) is 4. The van der Waals surface area contributed by atoms with Crippen molar-refractivity contribution < 1.29 is 13.2 Å². The second kappa shape index (κ2) is 5.95. The molecule has 0 saturated carbocycles. The van der Waals surface area contributed by atoms with Crippen molar-refractivity contribution in [2.24, 2.45) is 5.92 Å². The Morgan fingerprint density at radius 1 is 1.39 bits per heavy atom. The highest BCUT2D eigenvalue weighted by Gasteiger charge is 2.14. The van der Waals surface area contributed by atoms with Gasteiger partial charge < -0.3 is 10.5 Å². The van der Waals surface area contributed by atoms with Crippen LogP contribution in [0.5, 0.6) is 5.75 Å². The molecule has 1 aromatic carbocycles. The van der Waals surface area contributed by atoms with E-state index in [1.54, 1.807) is 18.2 Å². The summed E-state index contributed by atoms with van der Waals surface area (Å²) in [5.41, 5.74) is 6.55. The molecule has 0 atom stereocenters. The van der Waals surface area contributed by atoms with Crippen LogP contribution in [-0.2, 0) is 10.0 Å². The zero-order valence-electron chi connectivity index (χ0n) is 10.9. The maximum atomic E-state index is 11.9. The molecule has 0 aliphatic heterocycles. The Labute approximate surface area is 108 Å². The number of rotatable bonds is 6. The van der Waals surface area contributed by atoms with Gasteiger partial charge in [-0.2, -0.15) is 0 Å². The van der Waals surface area contributed by atoms with Gasteiger partial charge in [-0.3, -0.25) is 4.72 Å². The van der Waals surface area contributed by atoms with Crippen molar-refractivity contribution in [3.8, 4) is 5.75 Å². The molecular weight excluding hydrogens is 252 g/mol. The molecule has 6 heteroatoms. The number of hydrogen-bond donors (Lipinski definition) is 2. The van der Waals surface area contributed by atoms with E-state index in [2.05, 4.69) is 4.72 Å². The van der Waals surface area contributed by atoms with E-state index in [0.717, 1.165) is 0 Å². The summed E-state index contributed by atoms with van der Waals surface area (Å²) < 4.78 is 31.3. The third-order valence-corrected chi connectivity index (χ3v) is 3.76. The van der Waals surface area contributed by atoms with Crippen LogP contribution in [0.25, 0.3) is 0 Å². The lowest BCUT2D eigenvalue weighted by Gasteiger charge is -2.13. The number of methoxy groups -OCH3 is 1. The summed E-state index contributed by atoms with van der Waals surface area (Å²) in [5, 5.41) is 0. The van der Waals surface area contributed by atoms with Gasteiger partial charge >= 0.3 is 0 Å². The number of sulfonamides is 1. The Balaban J connectivity index is 2.83. The first-order valence-electron chi connectivity index (χ1n) is 5.78. The van der Waals surface area contributed by atoms with Crippen LogP contribution in [0.1, 0.15) is 20.3 Å². The fraction of sp³-hybridized carbons (Fsp3) is 0.500. The molecule has 0 saturated heterocycles. The average Bonchev–Trinajstić information content (AvgIpc) is 2.29. The molecule has 0 fully saturated rings. The molecular formula is C12H20N2O3S. The molecule has 0 spiro atoms. The van der Waals surface area contributed by atoms with Gasteiger partial charge in [0.1, 0.15) is 5.75 Å². The van der Waals surface area contributed by atoms with Crippen LogP contribution in [0, 0.1) is 5.92 Å². The first-order valence-corrected chi connectivity index (χ1v) is 7.43. The van der Waals surface area contributed by atoms with Crippen LogP contribution in [0.3, 0.4) is 0 Å². The van der Waals surface area contributed by atoms with Crippen molar-refractivity contribution in [1.29, 1.82) is 0 Å². The normalized spacial score (nSPS) is 11.6. The average molecular weight is 272 g/mol. The highest BCUT2D eigenvalue weighted by Crippen LogP contribution is 2.27. The maximum absolute atomic E-state index is 11.9. The van der Waals surface area contributed by atoms with Gasteiger partial charge in [-0.05, 0) is 24.5 Å². The topological polar surface area (TPSA) is 81.4 Å². The third-order valence-electron chi connectivity index (χ3n) is 2.45. The Hall–Kier alpha value is -1.43. The second-order valence-electron chi connectivity index (χ2n) is 4.56. The van der Waals surface area contributed by atoms with Gasteiger partial charge in [-0.25, -0.2) is 8.42 Å². The third kappa shape index (κ3) is 4.44. The summed E-state index contributed by atoms with van der Waals surface area (Å²) >= 11 is 0. The van der Waals surface area contributed by atoms with E-state index in [0.29, 0.717) is 29.5 Å². The summed E-state index contributed by atoms with van der Waals surface area (Å²) in [7, 11) is -1.87. The van der Waals surface area contributed by atoms with Crippen molar-refractivity contribution >= 4 is 21.4 Å². The van der Waals surface area contributed by atoms with E-state index in [4.69, 9.17) is 10.5 Å². The molecule has 1 rings (SSSR count). The summed E-state index contributed by atoms with van der Waals surface area (Å²) in [6.07, 6.45) is 0.618. The molecule has 0 unspecified atom stereocenters. The van der Waals surface area contributed by atoms with Crippen molar-refractivity contribution in [3.05, 3.63) is 18.2 Å². The largest absolute Gasteiger partial charge is 0.494 e.